The molecule has 8 aromatic heterocycles. The summed E-state index contributed by atoms with van der Waals surface area (Å²) >= 11 is 0. The van der Waals surface area contributed by atoms with Gasteiger partial charge in [0.25, 0.3) is 39.2 Å². The van der Waals surface area contributed by atoms with Gasteiger partial charge in [0.1, 0.15) is 60.3 Å². The lowest BCUT2D eigenvalue weighted by Crippen LogP contribution is -2.67. The predicted molar refractivity (Wildman–Crippen MR) is 560 cm³/mol. The molecule has 148 heavy (non-hydrogen) atoms. The van der Waals surface area contributed by atoms with Crippen LogP contribution in [0.3, 0.4) is 0 Å². The number of carbonyl (C=O) groups is 2. The molecule has 4 aliphatic heterocycles. The number of amides is 1. The summed E-state index contributed by atoms with van der Waals surface area (Å²) in [6, 6.07) is 57.9. The third kappa shape index (κ3) is 22.3. The number of fused-ring (bicyclic) bond motifs is 4. The molecule has 4 saturated heterocycles. The number of aromatic amines is 3. The molecule has 12 heterocycles. The summed E-state index contributed by atoms with van der Waals surface area (Å²) < 4.78 is 80.9. The van der Waals surface area contributed by atoms with Gasteiger partial charge >= 0.3 is 12.1 Å². The van der Waals surface area contributed by atoms with Gasteiger partial charge in [-0.25, -0.2) is 44.6 Å². The second-order valence-corrected chi connectivity index (χ2v) is 47.5. The van der Waals surface area contributed by atoms with Crippen LogP contribution < -0.4 is 64.3 Å². The molecule has 780 valence electrons. The average molecular weight is 2060 g/mol. The van der Waals surface area contributed by atoms with Gasteiger partial charge in [0.15, 0.2) is 75.7 Å². The van der Waals surface area contributed by atoms with E-state index < -0.39 is 126 Å². The van der Waals surface area contributed by atoms with E-state index in [9.17, 15) is 29.5 Å². The lowest BCUT2D eigenvalue weighted by Gasteiger charge is -2.43. The Labute approximate surface area is 855 Å². The van der Waals surface area contributed by atoms with Gasteiger partial charge in [-0.3, -0.25) is 47.3 Å². The van der Waals surface area contributed by atoms with E-state index in [4.69, 9.17) is 79.0 Å². The summed E-state index contributed by atoms with van der Waals surface area (Å²) in [4.78, 5) is 119. The molecule has 4 aliphatic rings. The van der Waals surface area contributed by atoms with E-state index in [2.05, 4.69) is 227 Å². The summed E-state index contributed by atoms with van der Waals surface area (Å²) in [5.41, 5.74) is 39.9. The van der Waals surface area contributed by atoms with E-state index in [-0.39, 0.29) is 86.3 Å². The SMILES string of the molecule is CC[C@H]1O[C@@H](n2cnc3c(OC(=O)N(c4ccccc4)c4ccccc4)nc(C)nc32)C(OC(C)=O)[C@H]1N=[N+]=[N-].COC1[C@@H](N)[C@@H](COC(C)N(C(C)C)C(C)C)O[C@H]1n1cnc2c(=O)[nH]c(C)nc21.COC1[C@@H](N)[C@@H](CO[Si](c2ccccc2)(c2ccccc2)C(C)(C)C)O[C@H]1n1cnc2c(=O)[nH]c(C)nc21.COC1[C@@H](N=[N+]=[N-])[C@@H](CO[Si](c2ccccc2)(c2ccccc2)C(C)(C)C)O[C@H]1n1cnc2c(=O)[nH]c(N)nc21. The van der Waals surface area contributed by atoms with Crippen LogP contribution in [0.5, 0.6) is 5.88 Å². The van der Waals surface area contributed by atoms with Crippen molar-refractivity contribution >= 4 is 111 Å². The molecule has 5 unspecified atom stereocenters. The van der Waals surface area contributed by atoms with Gasteiger partial charge in [-0.15, -0.1) is 0 Å². The number of H-pyrrole nitrogens is 3. The fourth-order valence-corrected chi connectivity index (χ4v) is 29.4. The molecule has 6 aromatic carbocycles. The minimum absolute atomic E-state index is 0.0515. The number of nitrogens with two attached hydrogens (primary N) is 3. The fraction of sp³-hybridized carbons (Fsp3) is 0.431. The van der Waals surface area contributed by atoms with Crippen LogP contribution in [0, 0.1) is 20.8 Å². The van der Waals surface area contributed by atoms with Crippen LogP contribution in [0.15, 0.2) is 232 Å². The first-order chi connectivity index (χ1) is 70.9. The van der Waals surface area contributed by atoms with Crippen molar-refractivity contribution in [1.29, 1.82) is 0 Å². The quantitative estimate of drug-likeness (QED) is 0.00608. The number of carbonyl (C=O) groups excluding carboxylic acids is 2. The van der Waals surface area contributed by atoms with E-state index in [1.165, 1.54) is 42.0 Å². The Morgan fingerprint density at radius 3 is 1.20 bits per heavy atom. The number of para-hydroxylation sites is 2. The number of hydrogen-bond acceptors (Lipinski definition) is 32. The van der Waals surface area contributed by atoms with Crippen LogP contribution in [-0.4, -0.2) is 244 Å². The topological polar surface area (TPSA) is 561 Å². The van der Waals surface area contributed by atoms with Crippen molar-refractivity contribution in [3.63, 3.8) is 0 Å². The number of aromatic nitrogens is 16. The molecule has 0 saturated carbocycles. The third-order valence-electron chi connectivity index (χ3n) is 26.7. The number of hydrogen-bond donors (Lipinski definition) is 6. The number of azide groups is 2. The summed E-state index contributed by atoms with van der Waals surface area (Å²) in [6.07, 6.45) is -1.69. The first-order valence-corrected chi connectivity index (χ1v) is 52.5. The Bertz CT molecular complexity index is 7060. The molecule has 1 amide bonds. The Balaban J connectivity index is 0.000000149. The molecule has 46 heteroatoms. The Hall–Kier alpha value is -14.0. The smallest absolute Gasteiger partial charge is 0.425 e. The van der Waals surface area contributed by atoms with Gasteiger partial charge in [-0.2, -0.15) is 9.97 Å². The van der Waals surface area contributed by atoms with Crippen molar-refractivity contribution in [2.24, 2.45) is 21.7 Å². The van der Waals surface area contributed by atoms with Crippen molar-refractivity contribution in [2.75, 3.05) is 51.8 Å². The number of nitrogen functional groups attached to an aromatic ring is 1. The maximum absolute atomic E-state index is 13.6. The number of imidazole rings is 4. The van der Waals surface area contributed by atoms with Crippen LogP contribution in [0.4, 0.5) is 22.1 Å². The van der Waals surface area contributed by atoms with Gasteiger partial charge in [0.2, 0.25) is 5.95 Å². The Morgan fingerprint density at radius 1 is 0.473 bits per heavy atom. The number of esters is 1. The maximum atomic E-state index is 13.6. The fourth-order valence-electron chi connectivity index (χ4n) is 20.3. The highest BCUT2D eigenvalue weighted by atomic mass is 28.4. The van der Waals surface area contributed by atoms with Gasteiger partial charge in [-0.1, -0.05) is 216 Å². The van der Waals surface area contributed by atoms with Gasteiger partial charge in [-0.05, 0) is 128 Å². The van der Waals surface area contributed by atoms with E-state index in [0.29, 0.717) is 70.9 Å². The molecule has 17 atom stereocenters. The van der Waals surface area contributed by atoms with Gasteiger partial charge < -0.3 is 83.4 Å². The van der Waals surface area contributed by atoms with E-state index in [0.717, 1.165) is 10.4 Å². The lowest BCUT2D eigenvalue weighted by molar-refractivity contribution is -0.152. The third-order valence-corrected chi connectivity index (χ3v) is 36.8. The van der Waals surface area contributed by atoms with Crippen molar-refractivity contribution in [3.05, 3.63) is 277 Å². The lowest BCUT2D eigenvalue weighted by atomic mass is 10.1. The molecule has 44 nitrogen and oxygen atoms in total. The van der Waals surface area contributed by atoms with Crippen molar-refractivity contribution in [3.8, 4) is 5.88 Å². The Morgan fingerprint density at radius 2 is 0.818 bits per heavy atom. The number of benzene rings is 6. The standard InChI is InChI=1S/C28H35N5O4Si.C27H26N8O5.C27H32N8O4Si.C20H34N6O4/c1-18-31-25-23(26(34)32-18)30-17-33(25)27-24(35-5)22(29)21(37-27)16-36-38(28(2,3)4,19-12-8-6-9-13-19)20-14-10-7-11-15-20;1-4-20-21(32-33-28)23(38-17(3)36)26(39-20)34-15-29-22-24(34)30-16(2)31-25(22)40-27(37)35(18-11-7-5-8-12-18)19-13-9-6-10-14-19;1-27(2,3)40(17-11-7-5-8-12-17,18-13-9-6-10-14-18)38-15-19-20(33-34-29)22(37-4)25(39-19)35-16-30-21-23(35)31-26(28)32-24(21)36;1-10(2)26(11(3)4)13(6)29-8-14-15(21)17(28-7)20(30-14)25-9-22-16-18(25)23-12(5)24-19(16)27/h6-15,17,21-22,24,27H,16,29H2,1-5H3,(H,31,32,34);5-15,20-21,23,26H,4H2,1-3H3;5-14,16,19-20,22,25H,15H2,1-4H3,(H3,28,31,32,36);9-11,13-15,17,20H,8,21H2,1-7H3,(H,23,24,27)/t21-,22+,24?,27-;20-,21+,23?,26-;19-,20+,22?,25-;13?,14-,15+,17?,20-/m1111/s1. The molecule has 0 aliphatic carbocycles. The van der Waals surface area contributed by atoms with Crippen LogP contribution in [-0.2, 0) is 56.3 Å². The second kappa shape index (κ2) is 46.6. The zero-order valence-corrected chi connectivity index (χ0v) is 88.0. The average Bonchev–Trinajstić information content (AvgIpc) is 1.35. The number of aryl methyl sites for hydroxylation is 3. The van der Waals surface area contributed by atoms with Crippen LogP contribution >= 0.6 is 0 Å². The molecule has 18 rings (SSSR count). The zero-order chi connectivity index (χ0) is 106. The molecule has 4 fully saturated rings. The van der Waals surface area contributed by atoms with Crippen molar-refractivity contribution in [1.82, 2.24) is 83.0 Å². The molecule has 14 aromatic rings. The second-order valence-electron chi connectivity index (χ2n) is 38.9. The van der Waals surface area contributed by atoms with E-state index in [1.54, 1.807) is 90.2 Å². The maximum Gasteiger partial charge on any atom is 0.425 e. The number of ether oxygens (including phenoxy) is 10. The van der Waals surface area contributed by atoms with Crippen LogP contribution in [0.1, 0.15) is 139 Å². The first kappa shape index (κ1) is 108. The number of methoxy groups -OCH3 is 3. The highest BCUT2D eigenvalue weighted by Gasteiger charge is 2.56. The molecule has 0 spiro atoms. The summed E-state index contributed by atoms with van der Waals surface area (Å²) in [7, 11) is -0.961. The molecule has 9 N–H and O–H groups in total. The molecule has 0 radical (unpaired) electrons. The Kier molecular flexibility index (Phi) is 34.1. The highest BCUT2D eigenvalue weighted by molar-refractivity contribution is 7.00. The van der Waals surface area contributed by atoms with Gasteiger partial charge in [0, 0.05) is 50.2 Å². The summed E-state index contributed by atoms with van der Waals surface area (Å²) in [5.74, 6) is 0.644. The van der Waals surface area contributed by atoms with E-state index >= 15 is 0 Å². The largest absolute Gasteiger partial charge is 0.457 e. The number of rotatable bonds is 30. The molecular weight excluding hydrogens is 1930 g/mol. The van der Waals surface area contributed by atoms with Crippen molar-refractivity contribution < 1.29 is 65.8 Å². The number of anilines is 3. The number of nitrogens with one attached hydrogen (secondary N) is 3. The summed E-state index contributed by atoms with van der Waals surface area (Å²) in [6.45, 7) is 32.9. The minimum atomic E-state index is -2.90. The normalized spacial score (nSPS) is 22.2. The molecular formula is C102H127N27O17Si2. The van der Waals surface area contributed by atoms with Crippen molar-refractivity contribution in [2.45, 2.75) is 243 Å². The zero-order valence-electron chi connectivity index (χ0n) is 86.0. The van der Waals surface area contributed by atoms with Crippen LogP contribution in [0.2, 0.25) is 10.1 Å². The minimum Gasteiger partial charge on any atom is -0.457 e. The highest BCUT2D eigenvalue weighted by Crippen LogP contribution is 2.45. The van der Waals surface area contributed by atoms with Crippen LogP contribution in [0.25, 0.3) is 65.5 Å². The monoisotopic (exact) mass is 2060 g/mol. The summed E-state index contributed by atoms with van der Waals surface area (Å²) in [5, 5.41) is 12.1. The predicted octanol–water partition coefficient (Wildman–Crippen LogP) is 11.7. The first-order valence-electron chi connectivity index (χ1n) is 48.7. The van der Waals surface area contributed by atoms with Gasteiger partial charge in [0.05, 0.1) is 86.8 Å². The molecule has 0 bridgehead atoms. The van der Waals surface area contributed by atoms with E-state index in [1.807, 2.05) is 98.8 Å². The number of nitrogens with zero attached hydrogens (tertiary/aromatic N) is 21.